The van der Waals surface area contributed by atoms with E-state index in [1.54, 1.807) is 0 Å². The lowest BCUT2D eigenvalue weighted by Gasteiger charge is -2.06. The Morgan fingerprint density at radius 1 is 0.800 bits per heavy atom. The molecule has 0 N–H and O–H groups in total. The van der Waals surface area contributed by atoms with Crippen LogP contribution in [0.3, 0.4) is 0 Å². The molecule has 0 heteroatoms. The molecule has 1 radical (unpaired) electrons. The number of hydrogen-bond acceptors (Lipinski definition) is 0. The van der Waals surface area contributed by atoms with Gasteiger partial charge in [0.15, 0.2) is 0 Å². The van der Waals surface area contributed by atoms with Crippen molar-refractivity contribution in [2.45, 2.75) is 13.8 Å². The summed E-state index contributed by atoms with van der Waals surface area (Å²) in [4.78, 5) is 0. The van der Waals surface area contributed by atoms with Gasteiger partial charge < -0.3 is 0 Å². The third kappa shape index (κ3) is 1.14. The molecule has 0 fully saturated rings. The Morgan fingerprint density at radius 2 is 1.60 bits per heavy atom. The molecule has 0 saturated carbocycles. The van der Waals surface area contributed by atoms with E-state index >= 15 is 0 Å². The molecule has 0 aromatic heterocycles. The molecule has 1 aliphatic rings. The molecule has 3 rings (SSSR count). The van der Waals surface area contributed by atoms with Crippen molar-refractivity contribution in [3.63, 3.8) is 0 Å². The van der Waals surface area contributed by atoms with Gasteiger partial charge >= 0.3 is 0 Å². The zero-order valence-electron chi connectivity index (χ0n) is 9.04. The monoisotopic (exact) mass is 193 g/mol. The summed E-state index contributed by atoms with van der Waals surface area (Å²) in [6.07, 6.45) is 2.30. The third-order valence-corrected chi connectivity index (χ3v) is 3.34. The van der Waals surface area contributed by atoms with Gasteiger partial charge in [-0.2, -0.15) is 0 Å². The van der Waals surface area contributed by atoms with Crippen LogP contribution in [0.25, 0.3) is 11.1 Å². The summed E-state index contributed by atoms with van der Waals surface area (Å²) in [7, 11) is 0. The van der Waals surface area contributed by atoms with Crippen molar-refractivity contribution in [2.24, 2.45) is 0 Å². The Hall–Kier alpha value is -1.56. The molecule has 15 heavy (non-hydrogen) atoms. The minimum Gasteiger partial charge on any atom is -0.0619 e. The lowest BCUT2D eigenvalue weighted by atomic mass is 9.98. The quantitative estimate of drug-likeness (QED) is 0.508. The van der Waals surface area contributed by atoms with Gasteiger partial charge in [-0.3, -0.25) is 0 Å². The average molecular weight is 193 g/mol. The third-order valence-electron chi connectivity index (χ3n) is 3.34. The number of hydrogen-bond donors (Lipinski definition) is 0. The molecular weight excluding hydrogens is 180 g/mol. The summed E-state index contributed by atoms with van der Waals surface area (Å²) >= 11 is 0. The fourth-order valence-corrected chi connectivity index (χ4v) is 2.28. The van der Waals surface area contributed by atoms with Gasteiger partial charge in [0, 0.05) is 6.42 Å². The Kier molecular flexibility index (Phi) is 1.72. The highest BCUT2D eigenvalue weighted by Gasteiger charge is 2.19. The topological polar surface area (TPSA) is 0 Å². The van der Waals surface area contributed by atoms with Crippen LogP contribution in [-0.4, -0.2) is 0 Å². The largest absolute Gasteiger partial charge is 0.0619 e. The first kappa shape index (κ1) is 8.72. The fraction of sp³-hybridized carbons (Fsp3) is 0.133. The summed E-state index contributed by atoms with van der Waals surface area (Å²) in [6.45, 7) is 4.38. The number of benzene rings is 2. The highest BCUT2D eigenvalue weighted by molar-refractivity contribution is 5.82. The zero-order chi connectivity index (χ0) is 10.4. The number of fused-ring (bicyclic) bond motifs is 3. The number of rotatable bonds is 0. The Labute approximate surface area is 90.6 Å². The van der Waals surface area contributed by atoms with Crippen LogP contribution >= 0.6 is 0 Å². The molecule has 0 saturated heterocycles. The van der Waals surface area contributed by atoms with E-state index in [-0.39, 0.29) is 0 Å². The normalized spacial score (nSPS) is 12.4. The average Bonchev–Trinajstić information content (AvgIpc) is 2.63. The van der Waals surface area contributed by atoms with Gasteiger partial charge in [0.05, 0.1) is 0 Å². The van der Waals surface area contributed by atoms with Crippen molar-refractivity contribution in [1.82, 2.24) is 0 Å². The first-order valence-corrected chi connectivity index (χ1v) is 5.32. The smallest absolute Gasteiger partial charge is 0.0214 e. The van der Waals surface area contributed by atoms with E-state index in [9.17, 15) is 0 Å². The predicted octanol–water partition coefficient (Wildman–Crippen LogP) is 3.88. The van der Waals surface area contributed by atoms with Gasteiger partial charge in [-0.15, -0.1) is 0 Å². The summed E-state index contributed by atoms with van der Waals surface area (Å²) in [5, 5.41) is 0. The molecule has 1 aliphatic carbocycles. The van der Waals surface area contributed by atoms with Crippen molar-refractivity contribution >= 4 is 0 Å². The molecule has 0 aliphatic heterocycles. The lowest BCUT2D eigenvalue weighted by molar-refractivity contribution is 1.30. The molecule has 0 amide bonds. The summed E-state index contributed by atoms with van der Waals surface area (Å²) in [5.41, 5.74) is 8.28. The van der Waals surface area contributed by atoms with E-state index in [1.165, 1.54) is 33.4 Å². The van der Waals surface area contributed by atoms with Crippen molar-refractivity contribution in [2.75, 3.05) is 0 Å². The second-order valence-corrected chi connectivity index (χ2v) is 4.20. The highest BCUT2D eigenvalue weighted by Crippen LogP contribution is 2.39. The minimum absolute atomic E-state index is 1.35. The lowest BCUT2D eigenvalue weighted by Crippen LogP contribution is -1.88. The SMILES string of the molecule is Cc1ccc2c(c1C)[CH]c1ccccc1-2. The van der Waals surface area contributed by atoms with Crippen LogP contribution < -0.4 is 0 Å². The molecule has 0 atom stereocenters. The van der Waals surface area contributed by atoms with Gasteiger partial charge in [0.2, 0.25) is 0 Å². The van der Waals surface area contributed by atoms with Crippen LogP contribution in [-0.2, 0) is 0 Å². The minimum atomic E-state index is 1.35. The molecule has 0 nitrogen and oxygen atoms in total. The maximum atomic E-state index is 2.30. The fourth-order valence-electron chi connectivity index (χ4n) is 2.28. The van der Waals surface area contributed by atoms with Crippen molar-refractivity contribution in [3.05, 3.63) is 65.1 Å². The molecular formula is C15H13. The Bertz CT molecular complexity index is 536. The van der Waals surface area contributed by atoms with Crippen molar-refractivity contribution in [3.8, 4) is 11.1 Å². The van der Waals surface area contributed by atoms with Crippen LogP contribution in [0.4, 0.5) is 0 Å². The summed E-state index contributed by atoms with van der Waals surface area (Å²) in [6, 6.07) is 13.0. The molecule has 73 valence electrons. The van der Waals surface area contributed by atoms with Crippen molar-refractivity contribution < 1.29 is 0 Å². The standard InChI is InChI=1S/C15H13/c1-10-7-8-14-13-6-4-3-5-12(13)9-15(14)11(10)2/h3-9H,1-2H3. The highest BCUT2D eigenvalue weighted by atomic mass is 14.2. The van der Waals surface area contributed by atoms with E-state index in [4.69, 9.17) is 0 Å². The van der Waals surface area contributed by atoms with Gasteiger partial charge in [-0.1, -0.05) is 36.4 Å². The maximum absolute atomic E-state index is 2.30. The summed E-state index contributed by atoms with van der Waals surface area (Å²) in [5.74, 6) is 0. The first-order valence-electron chi connectivity index (χ1n) is 5.32. The predicted molar refractivity (Wildman–Crippen MR) is 63.9 cm³/mol. The van der Waals surface area contributed by atoms with E-state index < -0.39 is 0 Å². The maximum Gasteiger partial charge on any atom is 0.0214 e. The van der Waals surface area contributed by atoms with Gasteiger partial charge in [0.1, 0.15) is 0 Å². The summed E-state index contributed by atoms with van der Waals surface area (Å²) < 4.78 is 0. The van der Waals surface area contributed by atoms with E-state index in [2.05, 4.69) is 56.7 Å². The Morgan fingerprint density at radius 3 is 2.47 bits per heavy atom. The molecule has 2 aromatic carbocycles. The van der Waals surface area contributed by atoms with Gasteiger partial charge in [0.25, 0.3) is 0 Å². The molecule has 2 aromatic rings. The molecule has 0 heterocycles. The van der Waals surface area contributed by atoms with E-state index in [0.717, 1.165) is 0 Å². The van der Waals surface area contributed by atoms with Crippen LogP contribution in [0, 0.1) is 20.3 Å². The van der Waals surface area contributed by atoms with E-state index in [1.807, 2.05) is 0 Å². The molecule has 0 unspecified atom stereocenters. The van der Waals surface area contributed by atoms with Gasteiger partial charge in [-0.25, -0.2) is 0 Å². The Balaban J connectivity index is 2.31. The molecule has 0 spiro atoms. The van der Waals surface area contributed by atoms with Crippen LogP contribution in [0.2, 0.25) is 0 Å². The second-order valence-electron chi connectivity index (χ2n) is 4.20. The van der Waals surface area contributed by atoms with Crippen LogP contribution in [0.1, 0.15) is 22.3 Å². The zero-order valence-corrected chi connectivity index (χ0v) is 9.04. The van der Waals surface area contributed by atoms with Crippen LogP contribution in [0.15, 0.2) is 36.4 Å². The van der Waals surface area contributed by atoms with Crippen LogP contribution in [0.5, 0.6) is 0 Å². The van der Waals surface area contributed by atoms with Crippen molar-refractivity contribution in [1.29, 1.82) is 0 Å². The number of aryl methyl sites for hydroxylation is 1. The molecule has 0 bridgehead atoms. The second kappa shape index (κ2) is 2.96. The van der Waals surface area contributed by atoms with E-state index in [0.29, 0.717) is 0 Å². The first-order chi connectivity index (χ1) is 7.27. The van der Waals surface area contributed by atoms with Gasteiger partial charge in [-0.05, 0) is 47.2 Å².